The maximum Gasteiger partial charge on any atom is 0.171 e. The molecule has 0 fully saturated rings. The Morgan fingerprint density at radius 2 is 1.12 bits per heavy atom. The molecule has 7 rings (SSSR count). The van der Waals surface area contributed by atoms with Crippen molar-refractivity contribution in [2.45, 2.75) is 26.2 Å². The van der Waals surface area contributed by atoms with E-state index in [-0.39, 0.29) is 5.41 Å². The molecule has 0 saturated carbocycles. The summed E-state index contributed by atoms with van der Waals surface area (Å²) in [6.07, 6.45) is 0. The average Bonchev–Trinajstić information content (AvgIpc) is 3.00. The second kappa shape index (κ2) is 9.19. The van der Waals surface area contributed by atoms with Gasteiger partial charge in [-0.2, -0.15) is 0 Å². The second-order valence-corrected chi connectivity index (χ2v) is 14.1. The highest BCUT2D eigenvalue weighted by atomic mass is 31.2. The van der Waals surface area contributed by atoms with E-state index < -0.39 is 7.14 Å². The van der Waals surface area contributed by atoms with Gasteiger partial charge in [-0.3, -0.25) is 0 Å². The Labute approximate surface area is 236 Å². The van der Waals surface area contributed by atoms with Crippen molar-refractivity contribution in [3.63, 3.8) is 0 Å². The summed E-state index contributed by atoms with van der Waals surface area (Å²) >= 11 is 0. The van der Waals surface area contributed by atoms with E-state index in [0.29, 0.717) is 0 Å². The number of fused-ring (bicyclic) bond motifs is 2. The van der Waals surface area contributed by atoms with Gasteiger partial charge in [0.05, 0.1) is 0 Å². The monoisotopic (exact) mass is 534 g/mol. The minimum absolute atomic E-state index is 0.105. The van der Waals surface area contributed by atoms with Crippen LogP contribution in [0.4, 0.5) is 0 Å². The summed E-state index contributed by atoms with van der Waals surface area (Å²) in [7, 11) is -3.07. The quantitative estimate of drug-likeness (QED) is 0.207. The third-order valence-electron chi connectivity index (χ3n) is 8.66. The van der Waals surface area contributed by atoms with E-state index in [1.807, 2.05) is 66.7 Å². The second-order valence-electron chi connectivity index (χ2n) is 11.3. The van der Waals surface area contributed by atoms with Crippen LogP contribution in [0.15, 0.2) is 133 Å². The molecule has 0 amide bonds. The van der Waals surface area contributed by atoms with Crippen LogP contribution in [0, 0.1) is 6.92 Å². The van der Waals surface area contributed by atoms with Crippen LogP contribution in [0.5, 0.6) is 0 Å². The molecular weight excluding hydrogens is 503 g/mol. The molecule has 1 nitrogen and oxygen atoms in total. The summed E-state index contributed by atoms with van der Waals surface area (Å²) in [6.45, 7) is 6.90. The van der Waals surface area contributed by atoms with Crippen molar-refractivity contribution in [2.75, 3.05) is 0 Å². The van der Waals surface area contributed by atoms with Crippen LogP contribution in [0.2, 0.25) is 0 Å². The van der Waals surface area contributed by atoms with Gasteiger partial charge in [-0.25, -0.2) is 0 Å². The molecule has 6 aromatic rings. The number of benzene rings is 6. The standard InChI is InChI=1S/C38H31OP/c1-26-24-33(31-21-13-23-35-37(31)36(26)32-20-10-11-22-34(32)38(35,2)3)27-14-12-19-30(25-27)40(39,28-15-6-4-7-16-28)29-17-8-5-9-18-29/h4-25H,1-3H3. The van der Waals surface area contributed by atoms with E-state index in [2.05, 4.69) is 87.5 Å². The first-order valence-electron chi connectivity index (χ1n) is 13.9. The van der Waals surface area contributed by atoms with Crippen LogP contribution in [0.1, 0.15) is 30.5 Å². The van der Waals surface area contributed by atoms with E-state index in [1.165, 1.54) is 44.2 Å². The van der Waals surface area contributed by atoms with Crippen LogP contribution in [0.3, 0.4) is 0 Å². The maximum absolute atomic E-state index is 15.1. The van der Waals surface area contributed by atoms with Crippen LogP contribution < -0.4 is 15.9 Å². The van der Waals surface area contributed by atoms with Crippen LogP contribution in [-0.4, -0.2) is 0 Å². The van der Waals surface area contributed by atoms with E-state index >= 15 is 4.57 Å². The lowest BCUT2D eigenvalue weighted by atomic mass is 9.67. The van der Waals surface area contributed by atoms with Crippen LogP contribution in [-0.2, 0) is 9.98 Å². The summed E-state index contributed by atoms with van der Waals surface area (Å²) in [5.74, 6) is 0. The van der Waals surface area contributed by atoms with Crippen molar-refractivity contribution in [3.05, 3.63) is 150 Å². The van der Waals surface area contributed by atoms with Gasteiger partial charge in [-0.15, -0.1) is 0 Å². The zero-order valence-corrected chi connectivity index (χ0v) is 24.0. The number of rotatable bonds is 4. The smallest absolute Gasteiger partial charge is 0.171 e. The highest BCUT2D eigenvalue weighted by molar-refractivity contribution is 7.85. The number of hydrogen-bond acceptors (Lipinski definition) is 1. The van der Waals surface area contributed by atoms with Crippen molar-refractivity contribution in [1.29, 1.82) is 0 Å². The van der Waals surface area contributed by atoms with Crippen LogP contribution in [0.25, 0.3) is 33.0 Å². The summed E-state index contributed by atoms with van der Waals surface area (Å²) in [4.78, 5) is 0. The fourth-order valence-corrected chi connectivity index (χ4v) is 9.40. The summed E-state index contributed by atoms with van der Waals surface area (Å²) in [5, 5.41) is 5.13. The number of hydrogen-bond donors (Lipinski definition) is 0. The zero-order chi connectivity index (χ0) is 27.5. The first-order valence-corrected chi connectivity index (χ1v) is 15.6. The predicted octanol–water partition coefficient (Wildman–Crippen LogP) is 8.76. The molecule has 2 heteroatoms. The minimum atomic E-state index is -3.07. The molecule has 0 aromatic heterocycles. The maximum atomic E-state index is 15.1. The van der Waals surface area contributed by atoms with Gasteiger partial charge >= 0.3 is 0 Å². The summed E-state index contributed by atoms with van der Waals surface area (Å²) in [5.41, 5.74) is 8.82. The first-order chi connectivity index (χ1) is 19.4. The Morgan fingerprint density at radius 1 is 0.550 bits per heavy atom. The third kappa shape index (κ3) is 3.58. The Morgan fingerprint density at radius 3 is 1.82 bits per heavy atom. The van der Waals surface area contributed by atoms with E-state index in [9.17, 15) is 0 Å². The molecule has 1 aliphatic carbocycles. The molecule has 6 aromatic carbocycles. The molecule has 40 heavy (non-hydrogen) atoms. The Hall–Kier alpha value is -4.19. The highest BCUT2D eigenvalue weighted by Crippen LogP contribution is 2.51. The van der Waals surface area contributed by atoms with Gasteiger partial charge < -0.3 is 4.57 Å². The highest BCUT2D eigenvalue weighted by Gasteiger charge is 2.35. The average molecular weight is 535 g/mol. The fraction of sp³-hybridized carbons (Fsp3) is 0.105. The number of aryl methyl sites for hydroxylation is 1. The molecular formula is C38H31OP. The lowest BCUT2D eigenvalue weighted by Gasteiger charge is -2.36. The van der Waals surface area contributed by atoms with Crippen molar-refractivity contribution < 1.29 is 4.57 Å². The summed E-state index contributed by atoms with van der Waals surface area (Å²) < 4.78 is 15.1. The normalized spacial score (nSPS) is 13.7. The molecule has 0 unspecified atom stereocenters. The van der Waals surface area contributed by atoms with E-state index in [0.717, 1.165) is 21.5 Å². The Kier molecular flexibility index (Phi) is 5.70. The molecule has 0 bridgehead atoms. The van der Waals surface area contributed by atoms with Gasteiger partial charge in [-0.05, 0) is 62.7 Å². The summed E-state index contributed by atoms with van der Waals surface area (Å²) in [6, 6.07) is 46.2. The van der Waals surface area contributed by atoms with Crippen molar-refractivity contribution in [2.24, 2.45) is 0 Å². The Bertz CT molecular complexity index is 1910. The molecule has 0 radical (unpaired) electrons. The molecule has 1 aliphatic rings. The van der Waals surface area contributed by atoms with Gasteiger partial charge in [0.2, 0.25) is 0 Å². The predicted molar refractivity (Wildman–Crippen MR) is 171 cm³/mol. The topological polar surface area (TPSA) is 17.1 Å². The van der Waals surface area contributed by atoms with Gasteiger partial charge in [0.25, 0.3) is 0 Å². The fourth-order valence-electron chi connectivity index (χ4n) is 6.70. The molecule has 194 valence electrons. The van der Waals surface area contributed by atoms with Crippen LogP contribution >= 0.6 is 7.14 Å². The van der Waals surface area contributed by atoms with E-state index in [4.69, 9.17) is 0 Å². The van der Waals surface area contributed by atoms with Gasteiger partial charge in [0.1, 0.15) is 0 Å². The molecule has 0 aliphatic heterocycles. The first kappa shape index (κ1) is 24.8. The largest absolute Gasteiger partial charge is 0.309 e. The minimum Gasteiger partial charge on any atom is -0.309 e. The SMILES string of the molecule is Cc1cc(-c2cccc(P(=O)(c3ccccc3)c3ccccc3)c2)c2cccc3c2c1-c1ccccc1C3(C)C. The van der Waals surface area contributed by atoms with Crippen molar-refractivity contribution in [1.82, 2.24) is 0 Å². The molecule has 0 N–H and O–H groups in total. The van der Waals surface area contributed by atoms with Gasteiger partial charge in [0.15, 0.2) is 7.14 Å². The molecule has 0 saturated heterocycles. The lowest BCUT2D eigenvalue weighted by Crippen LogP contribution is -2.25. The zero-order valence-electron chi connectivity index (χ0n) is 23.1. The Balaban J connectivity index is 1.50. The third-order valence-corrected chi connectivity index (χ3v) is 11.7. The molecule has 0 heterocycles. The van der Waals surface area contributed by atoms with Crippen molar-refractivity contribution in [3.8, 4) is 22.3 Å². The van der Waals surface area contributed by atoms with E-state index in [1.54, 1.807) is 0 Å². The molecule has 0 spiro atoms. The van der Waals surface area contributed by atoms with Gasteiger partial charge in [-0.1, -0.05) is 141 Å². The van der Waals surface area contributed by atoms with Gasteiger partial charge in [0, 0.05) is 21.3 Å². The molecule has 0 atom stereocenters. The lowest BCUT2D eigenvalue weighted by molar-refractivity contribution is 0.592. The van der Waals surface area contributed by atoms with Crippen molar-refractivity contribution >= 4 is 33.8 Å².